The quantitative estimate of drug-likeness (QED) is 0.526. The molecule has 0 spiro atoms. The van der Waals surface area contributed by atoms with Crippen LogP contribution in [0.25, 0.3) is 11.3 Å². The van der Waals surface area contributed by atoms with E-state index in [0.717, 1.165) is 5.56 Å². The van der Waals surface area contributed by atoms with Crippen LogP contribution in [0.3, 0.4) is 0 Å². The van der Waals surface area contributed by atoms with Gasteiger partial charge in [-0.2, -0.15) is 5.26 Å². The monoisotopic (exact) mass is 383 g/mol. The first-order chi connectivity index (χ1) is 12.6. The lowest BCUT2D eigenvalue weighted by molar-refractivity contribution is 0.306. The smallest absolute Gasteiger partial charge is 0.270 e. The van der Waals surface area contributed by atoms with Crippen molar-refractivity contribution >= 4 is 23.4 Å². The minimum Gasteiger partial charge on any atom is -0.489 e. The van der Waals surface area contributed by atoms with Gasteiger partial charge in [-0.1, -0.05) is 47.6 Å². The Bertz CT molecular complexity index is 1030. The molecule has 0 fully saturated rings. The number of thioether (sulfide) groups is 1. The van der Waals surface area contributed by atoms with Crippen molar-refractivity contribution in [3.8, 4) is 23.1 Å². The van der Waals surface area contributed by atoms with Gasteiger partial charge < -0.3 is 9.72 Å². The van der Waals surface area contributed by atoms with Crippen LogP contribution in [0.15, 0.2) is 58.5 Å². The molecule has 0 bridgehead atoms. The molecule has 0 atom stereocenters. The Morgan fingerprint density at radius 3 is 2.73 bits per heavy atom. The summed E-state index contributed by atoms with van der Waals surface area (Å²) in [6.07, 6.45) is 1.81. The lowest BCUT2D eigenvalue weighted by atomic mass is 10.1. The van der Waals surface area contributed by atoms with E-state index in [4.69, 9.17) is 16.3 Å². The van der Waals surface area contributed by atoms with Crippen LogP contribution in [-0.4, -0.2) is 16.2 Å². The summed E-state index contributed by atoms with van der Waals surface area (Å²) >= 11 is 7.19. The Hall–Kier alpha value is -2.75. The molecule has 0 aliphatic rings. The zero-order chi connectivity index (χ0) is 18.5. The van der Waals surface area contributed by atoms with Gasteiger partial charge in [-0.15, -0.1) is 0 Å². The minimum absolute atomic E-state index is 0.0161. The number of halogens is 1. The van der Waals surface area contributed by atoms with Gasteiger partial charge in [-0.25, -0.2) is 4.98 Å². The second-order valence-electron chi connectivity index (χ2n) is 5.35. The highest BCUT2D eigenvalue weighted by Gasteiger charge is 2.13. The van der Waals surface area contributed by atoms with E-state index in [1.54, 1.807) is 36.6 Å². The molecule has 1 N–H and O–H groups in total. The number of H-pyrrole nitrogens is 1. The van der Waals surface area contributed by atoms with Crippen LogP contribution < -0.4 is 10.3 Å². The highest BCUT2D eigenvalue weighted by atomic mass is 35.5. The molecule has 3 rings (SSSR count). The van der Waals surface area contributed by atoms with Gasteiger partial charge in [0.1, 0.15) is 24.0 Å². The second-order valence-corrected chi connectivity index (χ2v) is 6.58. The van der Waals surface area contributed by atoms with E-state index in [1.165, 1.54) is 11.8 Å². The fourth-order valence-electron chi connectivity index (χ4n) is 2.34. The Balaban J connectivity index is 1.90. The van der Waals surface area contributed by atoms with Gasteiger partial charge in [0, 0.05) is 10.6 Å². The molecule has 0 amide bonds. The molecule has 1 heterocycles. The molecular formula is C19H14ClN3O2S. The number of aromatic amines is 1. The van der Waals surface area contributed by atoms with Gasteiger partial charge in [-0.05, 0) is 36.1 Å². The van der Waals surface area contributed by atoms with Crippen LogP contribution in [0, 0.1) is 11.3 Å². The number of nitrogens with zero attached hydrogens (tertiary/aromatic N) is 2. The van der Waals surface area contributed by atoms with Gasteiger partial charge in [-0.3, -0.25) is 4.79 Å². The third-order valence-corrected chi connectivity index (χ3v) is 4.46. The van der Waals surface area contributed by atoms with Crippen molar-refractivity contribution in [2.75, 3.05) is 6.26 Å². The molecule has 0 unspecified atom stereocenters. The maximum absolute atomic E-state index is 12.1. The van der Waals surface area contributed by atoms with Crippen molar-refractivity contribution in [2.24, 2.45) is 0 Å². The molecule has 7 heteroatoms. The number of rotatable bonds is 5. The molecule has 0 radical (unpaired) electrons. The first-order valence-electron chi connectivity index (χ1n) is 7.67. The van der Waals surface area contributed by atoms with Crippen molar-refractivity contribution < 1.29 is 4.74 Å². The molecule has 0 aliphatic heterocycles. The van der Waals surface area contributed by atoms with E-state index in [2.05, 4.69) is 9.97 Å². The lowest BCUT2D eigenvalue weighted by Gasteiger charge is -2.09. The maximum Gasteiger partial charge on any atom is 0.270 e. The SMILES string of the molecule is CSc1nc(-c2cccc(OCc3ccc(Cl)cc3)c2)c(C#N)c(=O)[nH]1. The third kappa shape index (κ3) is 4.07. The highest BCUT2D eigenvalue weighted by molar-refractivity contribution is 7.98. The van der Waals surface area contributed by atoms with Crippen LogP contribution in [-0.2, 0) is 6.61 Å². The fraction of sp³-hybridized carbons (Fsp3) is 0.105. The van der Waals surface area contributed by atoms with E-state index in [1.807, 2.05) is 24.3 Å². The summed E-state index contributed by atoms with van der Waals surface area (Å²) in [5.41, 5.74) is 1.51. The predicted octanol–water partition coefficient (Wildman–Crippen LogP) is 4.26. The summed E-state index contributed by atoms with van der Waals surface area (Å²) in [5.74, 6) is 0.620. The molecule has 0 saturated heterocycles. The number of nitrogens with one attached hydrogen (secondary N) is 1. The summed E-state index contributed by atoms with van der Waals surface area (Å²) < 4.78 is 5.81. The summed E-state index contributed by atoms with van der Waals surface area (Å²) in [7, 11) is 0. The number of nitriles is 1. The van der Waals surface area contributed by atoms with Crippen LogP contribution >= 0.6 is 23.4 Å². The van der Waals surface area contributed by atoms with Crippen LogP contribution in [0.4, 0.5) is 0 Å². The number of hydrogen-bond donors (Lipinski definition) is 1. The molecule has 130 valence electrons. The second kappa shape index (κ2) is 8.09. The zero-order valence-electron chi connectivity index (χ0n) is 13.8. The van der Waals surface area contributed by atoms with Gasteiger partial charge >= 0.3 is 0 Å². The number of hydrogen-bond acceptors (Lipinski definition) is 5. The molecule has 5 nitrogen and oxygen atoms in total. The van der Waals surface area contributed by atoms with E-state index in [9.17, 15) is 10.1 Å². The standard InChI is InChI=1S/C19H14ClN3O2S/c1-26-19-22-17(16(10-21)18(24)23-19)13-3-2-4-15(9-13)25-11-12-5-7-14(20)8-6-12/h2-9H,11H2,1H3,(H,22,23,24). The zero-order valence-corrected chi connectivity index (χ0v) is 15.4. The summed E-state index contributed by atoms with van der Waals surface area (Å²) in [6.45, 7) is 0.380. The molecule has 0 saturated carbocycles. The molecule has 2 aromatic carbocycles. The third-order valence-electron chi connectivity index (χ3n) is 3.63. The van der Waals surface area contributed by atoms with Gasteiger partial charge in [0.15, 0.2) is 5.16 Å². The fourth-order valence-corrected chi connectivity index (χ4v) is 2.85. The van der Waals surface area contributed by atoms with Crippen LogP contribution in [0.1, 0.15) is 11.1 Å². The highest BCUT2D eigenvalue weighted by Crippen LogP contribution is 2.25. The van der Waals surface area contributed by atoms with E-state index in [0.29, 0.717) is 33.8 Å². The lowest BCUT2D eigenvalue weighted by Crippen LogP contribution is -2.14. The first-order valence-corrected chi connectivity index (χ1v) is 9.27. The predicted molar refractivity (Wildman–Crippen MR) is 103 cm³/mol. The number of benzene rings is 2. The van der Waals surface area contributed by atoms with Crippen molar-refractivity contribution in [2.45, 2.75) is 11.8 Å². The van der Waals surface area contributed by atoms with Crippen molar-refractivity contribution in [3.63, 3.8) is 0 Å². The summed E-state index contributed by atoms with van der Waals surface area (Å²) in [4.78, 5) is 19.0. The van der Waals surface area contributed by atoms with Crippen molar-refractivity contribution in [1.29, 1.82) is 5.26 Å². The molecule has 0 aliphatic carbocycles. The van der Waals surface area contributed by atoms with E-state index >= 15 is 0 Å². The number of aromatic nitrogens is 2. The van der Waals surface area contributed by atoms with Gasteiger partial charge in [0.05, 0.1) is 5.69 Å². The molecular weight excluding hydrogens is 370 g/mol. The van der Waals surface area contributed by atoms with Crippen molar-refractivity contribution in [3.05, 3.63) is 75.0 Å². The molecule has 3 aromatic rings. The van der Waals surface area contributed by atoms with Crippen molar-refractivity contribution in [1.82, 2.24) is 9.97 Å². The first kappa shape index (κ1) is 18.1. The Labute approximate surface area is 159 Å². The van der Waals surface area contributed by atoms with E-state index < -0.39 is 5.56 Å². The Morgan fingerprint density at radius 2 is 2.04 bits per heavy atom. The average molecular weight is 384 g/mol. The molecule has 26 heavy (non-hydrogen) atoms. The summed E-state index contributed by atoms with van der Waals surface area (Å²) in [6, 6.07) is 16.5. The largest absolute Gasteiger partial charge is 0.489 e. The maximum atomic E-state index is 12.1. The number of ether oxygens (including phenoxy) is 1. The Kier molecular flexibility index (Phi) is 5.61. The normalized spacial score (nSPS) is 10.3. The topological polar surface area (TPSA) is 78.8 Å². The Morgan fingerprint density at radius 1 is 1.27 bits per heavy atom. The van der Waals surface area contributed by atoms with Crippen LogP contribution in [0.5, 0.6) is 5.75 Å². The average Bonchev–Trinajstić information content (AvgIpc) is 2.67. The van der Waals surface area contributed by atoms with Crippen LogP contribution in [0.2, 0.25) is 5.02 Å². The minimum atomic E-state index is -0.450. The van der Waals surface area contributed by atoms with E-state index in [-0.39, 0.29) is 5.56 Å². The van der Waals surface area contributed by atoms with Gasteiger partial charge in [0.2, 0.25) is 0 Å². The van der Waals surface area contributed by atoms with Gasteiger partial charge in [0.25, 0.3) is 5.56 Å². The summed E-state index contributed by atoms with van der Waals surface area (Å²) in [5, 5.41) is 10.4. The molecule has 1 aromatic heterocycles.